The highest BCUT2D eigenvalue weighted by atomic mass is 35.5. The first kappa shape index (κ1) is 24.9. The Labute approximate surface area is 200 Å². The van der Waals surface area contributed by atoms with E-state index in [0.717, 1.165) is 7.11 Å². The fraction of sp³-hybridized carbons (Fsp3) is 0.455. The van der Waals surface area contributed by atoms with Crippen molar-refractivity contribution in [1.29, 1.82) is 0 Å². The van der Waals surface area contributed by atoms with Crippen LogP contribution in [-0.2, 0) is 10.0 Å². The van der Waals surface area contributed by atoms with Gasteiger partial charge in [-0.2, -0.15) is 4.39 Å². The van der Waals surface area contributed by atoms with Crippen LogP contribution in [0.25, 0.3) is 0 Å². The van der Waals surface area contributed by atoms with Gasteiger partial charge in [0.2, 0.25) is 15.8 Å². The van der Waals surface area contributed by atoms with Gasteiger partial charge in [-0.3, -0.25) is 4.90 Å². The standard InChI is InChI=1S/C22H24ClF3N2O5S/c1-31-22-16(24)9-19(20(25)21(22)26)34(29,30)27-10-13-4-6-28(7-5-13)11-15-12-32-17-3-2-14(23)8-18(17)33-15/h2-3,8-9,13,15,27H,4-7,10-12H2,1H3. The Morgan fingerprint density at radius 1 is 1.15 bits per heavy atom. The van der Waals surface area contributed by atoms with Crippen LogP contribution in [0.5, 0.6) is 17.2 Å². The Morgan fingerprint density at radius 2 is 1.88 bits per heavy atom. The SMILES string of the molecule is COc1c(F)cc(S(=O)(=O)NCC2CCN(CC3COc4ccc(Cl)cc4O3)CC2)c(F)c1F. The number of nitrogens with zero attached hydrogens (tertiary/aromatic N) is 1. The van der Waals surface area contributed by atoms with Gasteiger partial charge >= 0.3 is 0 Å². The maximum Gasteiger partial charge on any atom is 0.243 e. The summed E-state index contributed by atoms with van der Waals surface area (Å²) < 4.78 is 85.4. The molecule has 34 heavy (non-hydrogen) atoms. The minimum absolute atomic E-state index is 0.00918. The van der Waals surface area contributed by atoms with E-state index in [2.05, 4.69) is 14.4 Å². The van der Waals surface area contributed by atoms with Gasteiger partial charge in [-0.15, -0.1) is 0 Å². The first-order valence-corrected chi connectivity index (χ1v) is 12.6. The molecule has 0 spiro atoms. The molecule has 186 valence electrons. The second kappa shape index (κ2) is 10.2. The van der Waals surface area contributed by atoms with E-state index in [1.54, 1.807) is 18.2 Å². The van der Waals surface area contributed by atoms with Crippen LogP contribution < -0.4 is 18.9 Å². The summed E-state index contributed by atoms with van der Waals surface area (Å²) in [5.41, 5.74) is 0. The van der Waals surface area contributed by atoms with Crippen molar-refractivity contribution in [2.75, 3.05) is 39.9 Å². The Bertz CT molecular complexity index is 1160. The molecule has 1 N–H and O–H groups in total. The van der Waals surface area contributed by atoms with E-state index in [9.17, 15) is 21.6 Å². The first-order valence-electron chi connectivity index (χ1n) is 10.7. The van der Waals surface area contributed by atoms with E-state index in [0.29, 0.717) is 61.7 Å². The number of benzene rings is 2. The van der Waals surface area contributed by atoms with Gasteiger partial charge in [-0.05, 0) is 44.0 Å². The monoisotopic (exact) mass is 520 g/mol. The van der Waals surface area contributed by atoms with E-state index in [1.165, 1.54) is 0 Å². The van der Waals surface area contributed by atoms with Crippen molar-refractivity contribution in [3.8, 4) is 17.2 Å². The van der Waals surface area contributed by atoms with Crippen molar-refractivity contribution in [1.82, 2.24) is 9.62 Å². The number of likely N-dealkylation sites (tertiary alicyclic amines) is 1. The average molecular weight is 521 g/mol. The first-order chi connectivity index (χ1) is 16.2. The number of piperidine rings is 1. The zero-order valence-electron chi connectivity index (χ0n) is 18.3. The van der Waals surface area contributed by atoms with Crippen molar-refractivity contribution < 1.29 is 35.8 Å². The molecule has 0 radical (unpaired) electrons. The van der Waals surface area contributed by atoms with E-state index >= 15 is 0 Å². The maximum absolute atomic E-state index is 14.2. The van der Waals surface area contributed by atoms with Crippen LogP contribution in [0.4, 0.5) is 13.2 Å². The molecule has 2 aliphatic heterocycles. The molecule has 2 aromatic rings. The second-order valence-corrected chi connectivity index (χ2v) is 10.4. The van der Waals surface area contributed by atoms with Gasteiger partial charge < -0.3 is 14.2 Å². The Hall–Kier alpha value is -2.21. The number of halogens is 4. The molecule has 1 atom stereocenters. The number of ether oxygens (including phenoxy) is 3. The van der Waals surface area contributed by atoms with Crippen molar-refractivity contribution >= 4 is 21.6 Å². The molecule has 0 amide bonds. The highest BCUT2D eigenvalue weighted by Crippen LogP contribution is 2.34. The number of rotatable bonds is 7. The van der Waals surface area contributed by atoms with Gasteiger partial charge in [0.05, 0.1) is 7.11 Å². The van der Waals surface area contributed by atoms with Gasteiger partial charge in [0.25, 0.3) is 0 Å². The third kappa shape index (κ3) is 5.37. The molecule has 2 aromatic carbocycles. The molecule has 2 aliphatic rings. The molecule has 0 aromatic heterocycles. The highest BCUT2D eigenvalue weighted by molar-refractivity contribution is 7.89. The summed E-state index contributed by atoms with van der Waals surface area (Å²) in [7, 11) is -3.49. The smallest absolute Gasteiger partial charge is 0.243 e. The molecular formula is C22H24ClF3N2O5S. The van der Waals surface area contributed by atoms with E-state index < -0.39 is 38.1 Å². The number of sulfonamides is 1. The van der Waals surface area contributed by atoms with E-state index in [1.807, 2.05) is 0 Å². The van der Waals surface area contributed by atoms with Crippen molar-refractivity contribution in [2.24, 2.45) is 5.92 Å². The molecule has 7 nitrogen and oxygen atoms in total. The molecule has 2 heterocycles. The minimum Gasteiger partial charge on any atom is -0.491 e. The molecule has 4 rings (SSSR count). The number of hydrogen-bond acceptors (Lipinski definition) is 6. The quantitative estimate of drug-likeness (QED) is 0.562. The van der Waals surface area contributed by atoms with Gasteiger partial charge in [0.1, 0.15) is 17.6 Å². The fourth-order valence-corrected chi connectivity index (χ4v) is 5.44. The van der Waals surface area contributed by atoms with Crippen LogP contribution >= 0.6 is 11.6 Å². The molecular weight excluding hydrogens is 497 g/mol. The van der Waals surface area contributed by atoms with E-state index in [-0.39, 0.29) is 18.6 Å². The normalized spacial score (nSPS) is 19.3. The Kier molecular flexibility index (Phi) is 7.46. The lowest BCUT2D eigenvalue weighted by Gasteiger charge is -2.35. The second-order valence-electron chi connectivity index (χ2n) is 8.26. The van der Waals surface area contributed by atoms with Crippen molar-refractivity contribution in [3.63, 3.8) is 0 Å². The molecule has 1 saturated heterocycles. The molecule has 1 fully saturated rings. The van der Waals surface area contributed by atoms with Gasteiger partial charge in [-0.1, -0.05) is 11.6 Å². The number of nitrogens with one attached hydrogen (secondary N) is 1. The summed E-state index contributed by atoms with van der Waals surface area (Å²) in [6.45, 7) is 2.48. The summed E-state index contributed by atoms with van der Waals surface area (Å²) in [6, 6.07) is 5.63. The van der Waals surface area contributed by atoms with E-state index in [4.69, 9.17) is 21.1 Å². The summed E-state index contributed by atoms with van der Waals surface area (Å²) in [5.74, 6) is -4.39. The van der Waals surface area contributed by atoms with Gasteiger partial charge in [0, 0.05) is 30.2 Å². The third-order valence-corrected chi connectivity index (χ3v) is 7.59. The number of fused-ring (bicyclic) bond motifs is 1. The van der Waals surface area contributed by atoms with Crippen molar-refractivity contribution in [3.05, 3.63) is 46.7 Å². The lowest BCUT2D eigenvalue weighted by atomic mass is 9.97. The lowest BCUT2D eigenvalue weighted by Crippen LogP contribution is -2.45. The maximum atomic E-state index is 14.2. The molecule has 0 bridgehead atoms. The summed E-state index contributed by atoms with van der Waals surface area (Å²) >= 11 is 6.01. The fourth-order valence-electron chi connectivity index (χ4n) is 4.09. The van der Waals surface area contributed by atoms with Crippen LogP contribution in [-0.4, -0.2) is 59.3 Å². The van der Waals surface area contributed by atoms with Crippen LogP contribution in [0.15, 0.2) is 29.2 Å². The lowest BCUT2D eigenvalue weighted by molar-refractivity contribution is 0.0481. The van der Waals surface area contributed by atoms with Crippen LogP contribution in [0, 0.1) is 23.4 Å². The van der Waals surface area contributed by atoms with Gasteiger partial charge in [-0.25, -0.2) is 21.9 Å². The molecule has 1 unspecified atom stereocenters. The van der Waals surface area contributed by atoms with Crippen LogP contribution in [0.3, 0.4) is 0 Å². The average Bonchev–Trinajstić information content (AvgIpc) is 2.81. The third-order valence-electron chi connectivity index (χ3n) is 5.93. The largest absolute Gasteiger partial charge is 0.491 e. The highest BCUT2D eigenvalue weighted by Gasteiger charge is 2.30. The topological polar surface area (TPSA) is 77.1 Å². The van der Waals surface area contributed by atoms with Gasteiger partial charge in [0.15, 0.2) is 28.9 Å². The number of hydrogen-bond donors (Lipinski definition) is 1. The Morgan fingerprint density at radius 3 is 2.59 bits per heavy atom. The van der Waals surface area contributed by atoms with Crippen molar-refractivity contribution in [2.45, 2.75) is 23.8 Å². The van der Waals surface area contributed by atoms with Crippen LogP contribution in [0.2, 0.25) is 5.02 Å². The Balaban J connectivity index is 1.28. The molecule has 0 saturated carbocycles. The zero-order valence-corrected chi connectivity index (χ0v) is 19.9. The predicted molar refractivity (Wildman–Crippen MR) is 119 cm³/mol. The summed E-state index contributed by atoms with van der Waals surface area (Å²) in [5, 5.41) is 0.561. The molecule has 0 aliphatic carbocycles. The zero-order chi connectivity index (χ0) is 24.5. The number of methoxy groups -OCH3 is 1. The minimum atomic E-state index is -4.45. The summed E-state index contributed by atoms with van der Waals surface area (Å²) in [6.07, 6.45) is 1.21. The summed E-state index contributed by atoms with van der Waals surface area (Å²) in [4.78, 5) is 1.11. The van der Waals surface area contributed by atoms with Crippen LogP contribution in [0.1, 0.15) is 12.8 Å². The predicted octanol–water partition coefficient (Wildman–Crippen LogP) is 3.60. The molecule has 12 heteroatoms.